The molecule has 1 saturated carbocycles. The number of nitrogens with one attached hydrogen (secondary N) is 2. The number of hydrogen-bond acceptors (Lipinski definition) is 2. The van der Waals surface area contributed by atoms with Crippen molar-refractivity contribution >= 4 is 0 Å². The second-order valence-electron chi connectivity index (χ2n) is 4.63. The number of hydrogen-bond donors (Lipinski definition) is 2. The summed E-state index contributed by atoms with van der Waals surface area (Å²) in [5.41, 5.74) is 0. The highest BCUT2D eigenvalue weighted by Gasteiger charge is 2.32. The molecule has 1 saturated heterocycles. The van der Waals surface area contributed by atoms with Crippen molar-refractivity contribution in [3.63, 3.8) is 0 Å². The third-order valence-electron chi connectivity index (χ3n) is 3.81. The summed E-state index contributed by atoms with van der Waals surface area (Å²) >= 11 is 0. The van der Waals surface area contributed by atoms with Crippen LogP contribution in [0.5, 0.6) is 0 Å². The van der Waals surface area contributed by atoms with E-state index in [1.165, 1.54) is 45.2 Å². The highest BCUT2D eigenvalue weighted by molar-refractivity contribution is 4.90. The molecule has 1 aliphatic heterocycles. The molecule has 0 amide bonds. The standard InChI is InChI=1S/C11H22N2/c1-12-11(10-7-13-8-10)9-5-3-2-4-6-9/h9-13H,2-8H2,1H3. The summed E-state index contributed by atoms with van der Waals surface area (Å²) in [6.07, 6.45) is 7.31. The Morgan fingerprint density at radius 3 is 2.23 bits per heavy atom. The maximum absolute atomic E-state index is 3.53. The van der Waals surface area contributed by atoms with Crippen LogP contribution in [0.1, 0.15) is 32.1 Å². The van der Waals surface area contributed by atoms with E-state index in [4.69, 9.17) is 0 Å². The van der Waals surface area contributed by atoms with Crippen molar-refractivity contribution < 1.29 is 0 Å². The molecule has 76 valence electrons. The van der Waals surface area contributed by atoms with Crippen LogP contribution in [-0.4, -0.2) is 26.2 Å². The van der Waals surface area contributed by atoms with Crippen molar-refractivity contribution in [1.29, 1.82) is 0 Å². The second-order valence-corrected chi connectivity index (χ2v) is 4.63. The van der Waals surface area contributed by atoms with Crippen molar-refractivity contribution in [2.24, 2.45) is 11.8 Å². The van der Waals surface area contributed by atoms with E-state index >= 15 is 0 Å². The summed E-state index contributed by atoms with van der Waals surface area (Å²) in [6, 6.07) is 0.793. The van der Waals surface area contributed by atoms with E-state index in [-0.39, 0.29) is 0 Å². The van der Waals surface area contributed by atoms with E-state index in [0.717, 1.165) is 17.9 Å². The van der Waals surface area contributed by atoms with Crippen molar-refractivity contribution in [3.05, 3.63) is 0 Å². The molecule has 1 heterocycles. The zero-order valence-corrected chi connectivity index (χ0v) is 8.68. The average Bonchev–Trinajstić information content (AvgIpc) is 2.12. The fourth-order valence-electron chi connectivity index (χ4n) is 2.91. The third-order valence-corrected chi connectivity index (χ3v) is 3.81. The molecular weight excluding hydrogens is 160 g/mol. The van der Waals surface area contributed by atoms with Crippen LogP contribution in [0.3, 0.4) is 0 Å². The molecule has 0 aromatic carbocycles. The Kier molecular flexibility index (Phi) is 3.23. The SMILES string of the molecule is CNC(C1CCCCC1)C1CNC1. The summed E-state index contributed by atoms with van der Waals surface area (Å²) in [7, 11) is 2.14. The van der Waals surface area contributed by atoms with Gasteiger partial charge in [-0.3, -0.25) is 0 Å². The monoisotopic (exact) mass is 182 g/mol. The maximum Gasteiger partial charge on any atom is 0.0145 e. The van der Waals surface area contributed by atoms with Crippen molar-refractivity contribution in [3.8, 4) is 0 Å². The summed E-state index contributed by atoms with van der Waals surface area (Å²) in [6.45, 7) is 2.48. The van der Waals surface area contributed by atoms with Crippen LogP contribution < -0.4 is 10.6 Å². The predicted molar refractivity (Wildman–Crippen MR) is 55.8 cm³/mol. The molecule has 0 aromatic heterocycles. The average molecular weight is 182 g/mol. The smallest absolute Gasteiger partial charge is 0.0145 e. The maximum atomic E-state index is 3.53. The minimum absolute atomic E-state index is 0.793. The van der Waals surface area contributed by atoms with Crippen LogP contribution in [0.2, 0.25) is 0 Å². The summed E-state index contributed by atoms with van der Waals surface area (Å²) in [4.78, 5) is 0. The van der Waals surface area contributed by atoms with E-state index < -0.39 is 0 Å². The molecule has 2 aliphatic rings. The highest BCUT2D eigenvalue weighted by Crippen LogP contribution is 2.30. The van der Waals surface area contributed by atoms with Gasteiger partial charge in [-0.25, -0.2) is 0 Å². The van der Waals surface area contributed by atoms with Gasteiger partial charge in [-0.2, -0.15) is 0 Å². The zero-order chi connectivity index (χ0) is 9.10. The molecule has 1 unspecified atom stereocenters. The predicted octanol–water partition coefficient (Wildman–Crippen LogP) is 1.37. The first-order valence-electron chi connectivity index (χ1n) is 5.80. The summed E-state index contributed by atoms with van der Waals surface area (Å²) in [5, 5.41) is 6.91. The first-order chi connectivity index (χ1) is 6.42. The molecule has 0 radical (unpaired) electrons. The van der Waals surface area contributed by atoms with Gasteiger partial charge in [0.15, 0.2) is 0 Å². The van der Waals surface area contributed by atoms with Crippen molar-refractivity contribution in [1.82, 2.24) is 10.6 Å². The fourth-order valence-corrected chi connectivity index (χ4v) is 2.91. The largest absolute Gasteiger partial charge is 0.316 e. The molecule has 0 spiro atoms. The van der Waals surface area contributed by atoms with Gasteiger partial charge in [-0.1, -0.05) is 19.3 Å². The third kappa shape index (κ3) is 2.05. The van der Waals surface area contributed by atoms with Crippen LogP contribution in [0.4, 0.5) is 0 Å². The quantitative estimate of drug-likeness (QED) is 0.689. The summed E-state index contributed by atoms with van der Waals surface area (Å²) in [5.74, 6) is 1.87. The van der Waals surface area contributed by atoms with E-state index in [0.29, 0.717) is 0 Å². The van der Waals surface area contributed by atoms with Gasteiger partial charge in [-0.15, -0.1) is 0 Å². The van der Waals surface area contributed by atoms with E-state index in [1.807, 2.05) is 0 Å². The fraction of sp³-hybridized carbons (Fsp3) is 1.00. The molecule has 0 bridgehead atoms. The molecule has 1 aliphatic carbocycles. The topological polar surface area (TPSA) is 24.1 Å². The molecule has 2 heteroatoms. The normalized spacial score (nSPS) is 28.4. The summed E-state index contributed by atoms with van der Waals surface area (Å²) < 4.78 is 0. The van der Waals surface area contributed by atoms with Gasteiger partial charge in [-0.05, 0) is 31.7 Å². The highest BCUT2D eigenvalue weighted by atomic mass is 15.0. The zero-order valence-electron chi connectivity index (χ0n) is 8.68. The molecule has 13 heavy (non-hydrogen) atoms. The van der Waals surface area contributed by atoms with Crippen LogP contribution >= 0.6 is 0 Å². The molecular formula is C11H22N2. The van der Waals surface area contributed by atoms with Crippen molar-refractivity contribution in [2.75, 3.05) is 20.1 Å². The minimum atomic E-state index is 0.793. The van der Waals surface area contributed by atoms with Crippen molar-refractivity contribution in [2.45, 2.75) is 38.1 Å². The molecule has 2 rings (SSSR count). The number of rotatable bonds is 3. The second kappa shape index (κ2) is 4.43. The molecule has 1 atom stereocenters. The molecule has 2 N–H and O–H groups in total. The lowest BCUT2D eigenvalue weighted by atomic mass is 9.77. The Balaban J connectivity index is 1.86. The first kappa shape index (κ1) is 9.47. The van der Waals surface area contributed by atoms with Crippen LogP contribution in [0, 0.1) is 11.8 Å². The Morgan fingerprint density at radius 1 is 1.08 bits per heavy atom. The lowest BCUT2D eigenvalue weighted by Gasteiger charge is -2.40. The minimum Gasteiger partial charge on any atom is -0.316 e. The Labute approximate surface area is 81.5 Å². The Hall–Kier alpha value is -0.0800. The Morgan fingerprint density at radius 2 is 1.77 bits per heavy atom. The molecule has 2 fully saturated rings. The molecule has 0 aromatic rings. The molecule has 2 nitrogen and oxygen atoms in total. The van der Waals surface area contributed by atoms with Gasteiger partial charge in [0, 0.05) is 19.1 Å². The lowest BCUT2D eigenvalue weighted by molar-refractivity contribution is 0.170. The van der Waals surface area contributed by atoms with E-state index in [2.05, 4.69) is 17.7 Å². The first-order valence-corrected chi connectivity index (χ1v) is 5.80. The van der Waals surface area contributed by atoms with Gasteiger partial charge in [0.1, 0.15) is 0 Å². The van der Waals surface area contributed by atoms with Gasteiger partial charge in [0.25, 0.3) is 0 Å². The van der Waals surface area contributed by atoms with E-state index in [9.17, 15) is 0 Å². The van der Waals surface area contributed by atoms with Gasteiger partial charge >= 0.3 is 0 Å². The Bertz CT molecular complexity index is 148. The van der Waals surface area contributed by atoms with Gasteiger partial charge in [0.2, 0.25) is 0 Å². The van der Waals surface area contributed by atoms with Crippen LogP contribution in [0.25, 0.3) is 0 Å². The van der Waals surface area contributed by atoms with Gasteiger partial charge in [0.05, 0.1) is 0 Å². The van der Waals surface area contributed by atoms with Gasteiger partial charge < -0.3 is 10.6 Å². The van der Waals surface area contributed by atoms with E-state index in [1.54, 1.807) is 0 Å². The lowest BCUT2D eigenvalue weighted by Crippen LogP contribution is -2.55. The van der Waals surface area contributed by atoms with Crippen LogP contribution in [-0.2, 0) is 0 Å². The van der Waals surface area contributed by atoms with Crippen LogP contribution in [0.15, 0.2) is 0 Å².